The molecule has 1 saturated carbocycles. The maximum absolute atomic E-state index is 12.2. The Morgan fingerprint density at radius 1 is 1.20 bits per heavy atom. The molecule has 1 fully saturated rings. The molecule has 0 atom stereocenters. The Kier molecular flexibility index (Phi) is 3.86. The molecule has 9 heteroatoms. The Balaban J connectivity index is 1.53. The van der Waals surface area contributed by atoms with Crippen LogP contribution >= 0.6 is 11.3 Å². The zero-order valence-electron chi connectivity index (χ0n) is 13.2. The van der Waals surface area contributed by atoms with E-state index in [0.29, 0.717) is 23.0 Å². The number of thiophene rings is 1. The molecule has 2 aromatic heterocycles. The van der Waals surface area contributed by atoms with E-state index in [1.807, 2.05) is 0 Å². The number of hydrogen-bond donors (Lipinski definition) is 2. The van der Waals surface area contributed by atoms with E-state index in [4.69, 9.17) is 10.3 Å². The Morgan fingerprint density at radius 3 is 2.56 bits per heavy atom. The molecule has 130 valence electrons. The number of anilines is 1. The summed E-state index contributed by atoms with van der Waals surface area (Å²) in [6.45, 7) is 0. The minimum absolute atomic E-state index is 0.270. The molecule has 0 bridgehead atoms. The third kappa shape index (κ3) is 3.06. The lowest BCUT2D eigenvalue weighted by Gasteiger charge is -2.34. The zero-order valence-corrected chi connectivity index (χ0v) is 14.8. The van der Waals surface area contributed by atoms with E-state index in [1.165, 1.54) is 11.3 Å². The predicted octanol–water partition coefficient (Wildman–Crippen LogP) is 2.94. The van der Waals surface area contributed by atoms with Crippen LogP contribution in [0.15, 0.2) is 50.5 Å². The van der Waals surface area contributed by atoms with Crippen LogP contribution in [0.4, 0.5) is 5.69 Å². The average Bonchev–Trinajstić information content (AvgIpc) is 3.25. The molecule has 1 aliphatic carbocycles. The largest absolute Gasteiger partial charge is 0.334 e. The van der Waals surface area contributed by atoms with Crippen molar-refractivity contribution in [2.24, 2.45) is 5.73 Å². The van der Waals surface area contributed by atoms with Gasteiger partial charge in [-0.25, -0.2) is 8.42 Å². The van der Waals surface area contributed by atoms with Gasteiger partial charge in [-0.3, -0.25) is 4.72 Å². The first-order valence-corrected chi connectivity index (χ1v) is 10.1. The number of benzene rings is 1. The van der Waals surface area contributed by atoms with Gasteiger partial charge >= 0.3 is 0 Å². The van der Waals surface area contributed by atoms with Crippen LogP contribution < -0.4 is 10.5 Å². The fraction of sp³-hybridized carbons (Fsp3) is 0.250. The summed E-state index contributed by atoms with van der Waals surface area (Å²) < 4.78 is 32.5. The highest BCUT2D eigenvalue weighted by Crippen LogP contribution is 2.37. The quantitative estimate of drug-likeness (QED) is 0.708. The summed E-state index contributed by atoms with van der Waals surface area (Å²) in [6.07, 6.45) is 2.78. The first-order valence-electron chi connectivity index (χ1n) is 7.76. The highest BCUT2D eigenvalue weighted by Gasteiger charge is 2.39. The number of sulfonamides is 1. The molecule has 1 aliphatic rings. The van der Waals surface area contributed by atoms with E-state index in [-0.39, 0.29) is 4.21 Å². The van der Waals surface area contributed by atoms with Crippen molar-refractivity contribution in [2.75, 3.05) is 4.72 Å². The maximum Gasteiger partial charge on any atom is 0.271 e. The summed E-state index contributed by atoms with van der Waals surface area (Å²) in [5.41, 5.74) is 6.89. The van der Waals surface area contributed by atoms with Crippen molar-refractivity contribution in [3.63, 3.8) is 0 Å². The SMILES string of the molecule is NC1(c2noc(-c3ccc(NS(=O)(=O)c4cccs4)cc3)n2)CCC1. The Bertz CT molecular complexity index is 975. The van der Waals surface area contributed by atoms with Gasteiger partial charge in [0.1, 0.15) is 4.21 Å². The maximum atomic E-state index is 12.2. The molecule has 25 heavy (non-hydrogen) atoms. The van der Waals surface area contributed by atoms with Crippen LogP contribution in [0.1, 0.15) is 25.1 Å². The molecule has 0 aliphatic heterocycles. The highest BCUT2D eigenvalue weighted by molar-refractivity contribution is 7.94. The smallest absolute Gasteiger partial charge is 0.271 e. The third-order valence-corrected chi connectivity index (χ3v) is 7.04. The normalized spacial score (nSPS) is 16.4. The molecule has 2 heterocycles. The van der Waals surface area contributed by atoms with Gasteiger partial charge in [0, 0.05) is 11.3 Å². The average molecular weight is 376 g/mol. The van der Waals surface area contributed by atoms with Crippen LogP contribution in [0.5, 0.6) is 0 Å². The van der Waals surface area contributed by atoms with E-state index >= 15 is 0 Å². The number of aromatic nitrogens is 2. The second-order valence-electron chi connectivity index (χ2n) is 6.05. The lowest BCUT2D eigenvalue weighted by molar-refractivity contribution is 0.229. The molecule has 0 amide bonds. The second-order valence-corrected chi connectivity index (χ2v) is 8.90. The van der Waals surface area contributed by atoms with Gasteiger partial charge in [-0.2, -0.15) is 4.98 Å². The first-order chi connectivity index (χ1) is 12.0. The van der Waals surface area contributed by atoms with E-state index in [0.717, 1.165) is 19.3 Å². The molecular weight excluding hydrogens is 360 g/mol. The molecule has 4 rings (SSSR count). The van der Waals surface area contributed by atoms with Crippen LogP contribution in [-0.4, -0.2) is 18.6 Å². The monoisotopic (exact) mass is 376 g/mol. The van der Waals surface area contributed by atoms with E-state index < -0.39 is 15.6 Å². The van der Waals surface area contributed by atoms with Crippen molar-refractivity contribution >= 4 is 27.0 Å². The standard InChI is InChI=1S/C16H16N4O3S2/c17-16(8-2-9-16)15-18-14(23-19-15)11-4-6-12(7-5-11)20-25(21,22)13-3-1-10-24-13/h1,3-7,10,20H,2,8-9,17H2. The van der Waals surface area contributed by atoms with Gasteiger partial charge in [-0.05, 0) is 55.0 Å². The summed E-state index contributed by atoms with van der Waals surface area (Å²) in [5, 5.41) is 5.70. The minimum Gasteiger partial charge on any atom is -0.334 e. The summed E-state index contributed by atoms with van der Waals surface area (Å²) in [5.74, 6) is 0.899. The van der Waals surface area contributed by atoms with Gasteiger partial charge < -0.3 is 10.3 Å². The molecule has 7 nitrogen and oxygen atoms in total. The van der Waals surface area contributed by atoms with Crippen LogP contribution in [0.25, 0.3) is 11.5 Å². The van der Waals surface area contributed by atoms with Crippen LogP contribution in [0.3, 0.4) is 0 Å². The van der Waals surface area contributed by atoms with Crippen LogP contribution in [-0.2, 0) is 15.6 Å². The van der Waals surface area contributed by atoms with E-state index in [1.54, 1.807) is 41.8 Å². The van der Waals surface area contributed by atoms with Gasteiger partial charge in [0.2, 0.25) is 0 Å². The molecule has 0 unspecified atom stereocenters. The van der Waals surface area contributed by atoms with Crippen LogP contribution in [0.2, 0.25) is 0 Å². The molecule has 0 saturated heterocycles. The van der Waals surface area contributed by atoms with Gasteiger partial charge in [0.15, 0.2) is 5.82 Å². The van der Waals surface area contributed by atoms with Crippen LogP contribution in [0, 0.1) is 0 Å². The Hall–Kier alpha value is -2.23. The molecule has 1 aromatic carbocycles. The van der Waals surface area contributed by atoms with Crippen molar-refractivity contribution in [1.82, 2.24) is 10.1 Å². The number of nitrogens with zero attached hydrogens (tertiary/aromatic N) is 2. The molecule has 0 radical (unpaired) electrons. The number of hydrogen-bond acceptors (Lipinski definition) is 7. The Morgan fingerprint density at radius 2 is 1.96 bits per heavy atom. The molecule has 0 spiro atoms. The summed E-state index contributed by atoms with van der Waals surface area (Å²) in [7, 11) is -3.56. The summed E-state index contributed by atoms with van der Waals surface area (Å²) in [6, 6.07) is 10.0. The molecule has 3 N–H and O–H groups in total. The van der Waals surface area contributed by atoms with Gasteiger partial charge in [0.05, 0.1) is 5.54 Å². The summed E-state index contributed by atoms with van der Waals surface area (Å²) in [4.78, 5) is 4.38. The molecular formula is C16H16N4O3S2. The third-order valence-electron chi connectivity index (χ3n) is 4.26. The first kappa shape index (κ1) is 16.2. The second kappa shape index (κ2) is 5.94. The van der Waals surface area contributed by atoms with Gasteiger partial charge in [-0.15, -0.1) is 11.3 Å². The lowest BCUT2D eigenvalue weighted by Crippen LogP contribution is -2.44. The Labute approximate surface area is 148 Å². The van der Waals surface area contributed by atoms with E-state index in [2.05, 4.69) is 14.9 Å². The lowest BCUT2D eigenvalue weighted by atomic mass is 9.77. The van der Waals surface area contributed by atoms with E-state index in [9.17, 15) is 8.42 Å². The highest BCUT2D eigenvalue weighted by atomic mass is 32.2. The fourth-order valence-electron chi connectivity index (χ4n) is 2.63. The van der Waals surface area contributed by atoms with Crippen molar-refractivity contribution in [2.45, 2.75) is 29.0 Å². The topological polar surface area (TPSA) is 111 Å². The van der Waals surface area contributed by atoms with Crippen molar-refractivity contribution in [3.8, 4) is 11.5 Å². The van der Waals surface area contributed by atoms with Gasteiger partial charge in [0.25, 0.3) is 15.9 Å². The zero-order chi connectivity index (χ0) is 17.5. The fourth-order valence-corrected chi connectivity index (χ4v) is 4.68. The van der Waals surface area contributed by atoms with Crippen molar-refractivity contribution in [3.05, 3.63) is 47.6 Å². The predicted molar refractivity (Wildman–Crippen MR) is 94.6 cm³/mol. The number of nitrogens with one attached hydrogen (secondary N) is 1. The van der Waals surface area contributed by atoms with Crippen molar-refractivity contribution in [1.29, 1.82) is 0 Å². The summed E-state index contributed by atoms with van der Waals surface area (Å²) >= 11 is 1.17. The molecule has 3 aromatic rings. The van der Waals surface area contributed by atoms with Crippen molar-refractivity contribution < 1.29 is 12.9 Å². The number of rotatable bonds is 5. The van der Waals surface area contributed by atoms with Gasteiger partial charge in [-0.1, -0.05) is 11.2 Å². The minimum atomic E-state index is -3.56. The number of nitrogens with two attached hydrogens (primary N) is 1.